The van der Waals surface area contributed by atoms with Crippen LogP contribution in [0.2, 0.25) is 0 Å². The van der Waals surface area contributed by atoms with Crippen LogP contribution in [0, 0.1) is 0 Å². The summed E-state index contributed by atoms with van der Waals surface area (Å²) in [5.74, 6) is 0. The van der Waals surface area contributed by atoms with Crippen LogP contribution in [0.5, 0.6) is 0 Å². The maximum absolute atomic E-state index is 12.5. The third kappa shape index (κ3) is 3.42. The SMILES string of the molecule is O=C(Nc1ccc(C(F)(F)F)cc1)Nc1ccc2nc[nH]c2c1. The molecule has 0 aliphatic rings. The van der Waals surface area contributed by atoms with E-state index in [0.717, 1.165) is 23.2 Å². The topological polar surface area (TPSA) is 69.8 Å². The molecule has 0 aliphatic carbocycles. The van der Waals surface area contributed by atoms with Crippen molar-refractivity contribution in [1.29, 1.82) is 0 Å². The predicted molar refractivity (Wildman–Crippen MR) is 80.2 cm³/mol. The van der Waals surface area contributed by atoms with Gasteiger partial charge in [-0.3, -0.25) is 0 Å². The van der Waals surface area contributed by atoms with Crippen molar-refractivity contribution in [2.75, 3.05) is 10.6 Å². The van der Waals surface area contributed by atoms with Gasteiger partial charge in [0.25, 0.3) is 0 Å². The monoisotopic (exact) mass is 320 g/mol. The van der Waals surface area contributed by atoms with Crippen molar-refractivity contribution in [3.8, 4) is 0 Å². The number of urea groups is 1. The third-order valence-electron chi connectivity index (χ3n) is 3.15. The number of imidazole rings is 1. The van der Waals surface area contributed by atoms with Crippen molar-refractivity contribution < 1.29 is 18.0 Å². The highest BCUT2D eigenvalue weighted by molar-refractivity contribution is 6.00. The lowest BCUT2D eigenvalue weighted by atomic mass is 10.2. The van der Waals surface area contributed by atoms with Crippen LogP contribution in [0.4, 0.5) is 29.3 Å². The van der Waals surface area contributed by atoms with E-state index in [4.69, 9.17) is 0 Å². The van der Waals surface area contributed by atoms with E-state index in [1.165, 1.54) is 18.5 Å². The third-order valence-corrected chi connectivity index (χ3v) is 3.15. The van der Waals surface area contributed by atoms with Crippen LogP contribution in [0.15, 0.2) is 48.8 Å². The standard InChI is InChI=1S/C15H11F3N4O/c16-15(17,18)9-1-3-10(4-2-9)21-14(23)22-11-5-6-12-13(7-11)20-8-19-12/h1-8H,(H,19,20)(H2,21,22,23). The Balaban J connectivity index is 1.66. The molecule has 0 atom stereocenters. The number of alkyl halides is 3. The summed E-state index contributed by atoms with van der Waals surface area (Å²) in [5.41, 5.74) is 1.55. The smallest absolute Gasteiger partial charge is 0.345 e. The summed E-state index contributed by atoms with van der Waals surface area (Å²) in [4.78, 5) is 18.8. The molecule has 0 saturated heterocycles. The second-order valence-corrected chi connectivity index (χ2v) is 4.79. The molecule has 3 rings (SSSR count). The summed E-state index contributed by atoms with van der Waals surface area (Å²) in [5, 5.41) is 5.06. The predicted octanol–water partition coefficient (Wildman–Crippen LogP) is 4.23. The summed E-state index contributed by atoms with van der Waals surface area (Å²) in [6.07, 6.45) is -2.86. The van der Waals surface area contributed by atoms with Gasteiger partial charge in [-0.2, -0.15) is 13.2 Å². The van der Waals surface area contributed by atoms with Gasteiger partial charge in [0.1, 0.15) is 0 Å². The first-order valence-corrected chi connectivity index (χ1v) is 6.60. The molecule has 3 N–H and O–H groups in total. The Morgan fingerprint density at radius 1 is 1.00 bits per heavy atom. The number of anilines is 2. The number of nitrogens with one attached hydrogen (secondary N) is 3. The number of H-pyrrole nitrogens is 1. The first-order valence-electron chi connectivity index (χ1n) is 6.60. The molecule has 2 aromatic carbocycles. The number of aromatic amines is 1. The fraction of sp³-hybridized carbons (Fsp3) is 0.0667. The summed E-state index contributed by atoms with van der Waals surface area (Å²) in [6, 6.07) is 8.77. The second kappa shape index (κ2) is 5.64. The van der Waals surface area contributed by atoms with Gasteiger partial charge in [-0.1, -0.05) is 0 Å². The van der Waals surface area contributed by atoms with Crippen molar-refractivity contribution in [3.63, 3.8) is 0 Å². The molecular formula is C15H11F3N4O. The highest BCUT2D eigenvalue weighted by Crippen LogP contribution is 2.29. The van der Waals surface area contributed by atoms with Crippen molar-refractivity contribution in [2.45, 2.75) is 6.18 Å². The fourth-order valence-corrected chi connectivity index (χ4v) is 2.05. The fourth-order valence-electron chi connectivity index (χ4n) is 2.05. The average Bonchev–Trinajstić information content (AvgIpc) is 2.94. The number of halogens is 3. The molecule has 118 valence electrons. The highest BCUT2D eigenvalue weighted by Gasteiger charge is 2.29. The maximum Gasteiger partial charge on any atom is 0.416 e. The van der Waals surface area contributed by atoms with Crippen LogP contribution < -0.4 is 10.6 Å². The summed E-state index contributed by atoms with van der Waals surface area (Å²) < 4.78 is 37.4. The van der Waals surface area contributed by atoms with Gasteiger partial charge in [0.15, 0.2) is 0 Å². The van der Waals surface area contributed by atoms with Gasteiger partial charge < -0.3 is 15.6 Å². The minimum Gasteiger partial charge on any atom is -0.345 e. The van der Waals surface area contributed by atoms with E-state index in [9.17, 15) is 18.0 Å². The molecule has 23 heavy (non-hydrogen) atoms. The first-order chi connectivity index (χ1) is 10.9. The van der Waals surface area contributed by atoms with Gasteiger partial charge in [0.2, 0.25) is 0 Å². The first kappa shape index (κ1) is 14.9. The zero-order chi connectivity index (χ0) is 16.4. The summed E-state index contributed by atoms with van der Waals surface area (Å²) in [7, 11) is 0. The maximum atomic E-state index is 12.5. The lowest BCUT2D eigenvalue weighted by molar-refractivity contribution is -0.137. The molecule has 0 aliphatic heterocycles. The Hall–Kier alpha value is -3.03. The molecule has 0 radical (unpaired) electrons. The van der Waals surface area contributed by atoms with Crippen LogP contribution >= 0.6 is 0 Å². The molecular weight excluding hydrogens is 309 g/mol. The van der Waals surface area contributed by atoms with Gasteiger partial charge >= 0.3 is 12.2 Å². The number of benzene rings is 2. The summed E-state index contributed by atoms with van der Waals surface area (Å²) in [6.45, 7) is 0. The van der Waals surface area contributed by atoms with E-state index in [1.54, 1.807) is 18.2 Å². The lowest BCUT2D eigenvalue weighted by Crippen LogP contribution is -2.19. The Bertz CT molecular complexity index is 840. The van der Waals surface area contributed by atoms with Gasteiger partial charge in [-0.25, -0.2) is 9.78 Å². The van der Waals surface area contributed by atoms with Crippen molar-refractivity contribution in [1.82, 2.24) is 9.97 Å². The number of amides is 2. The molecule has 5 nitrogen and oxygen atoms in total. The van der Waals surface area contributed by atoms with Crippen LogP contribution in [0.1, 0.15) is 5.56 Å². The Labute approximate surface area is 128 Å². The van der Waals surface area contributed by atoms with E-state index >= 15 is 0 Å². The van der Waals surface area contributed by atoms with E-state index in [-0.39, 0.29) is 5.69 Å². The average molecular weight is 320 g/mol. The number of hydrogen-bond acceptors (Lipinski definition) is 2. The molecule has 1 heterocycles. The quantitative estimate of drug-likeness (QED) is 0.661. The van der Waals surface area contributed by atoms with E-state index in [1.807, 2.05) is 0 Å². The minimum absolute atomic E-state index is 0.262. The van der Waals surface area contributed by atoms with Gasteiger partial charge in [0, 0.05) is 11.4 Å². The van der Waals surface area contributed by atoms with E-state index in [2.05, 4.69) is 20.6 Å². The zero-order valence-corrected chi connectivity index (χ0v) is 11.6. The van der Waals surface area contributed by atoms with Crippen molar-refractivity contribution in [3.05, 3.63) is 54.4 Å². The molecule has 0 unspecified atom stereocenters. The van der Waals surface area contributed by atoms with E-state index < -0.39 is 17.8 Å². The molecule has 0 bridgehead atoms. The molecule has 8 heteroatoms. The number of rotatable bonds is 2. The number of carbonyl (C=O) groups excluding carboxylic acids is 1. The molecule has 1 aromatic heterocycles. The number of fused-ring (bicyclic) bond motifs is 1. The highest BCUT2D eigenvalue weighted by atomic mass is 19.4. The van der Waals surface area contributed by atoms with Crippen LogP contribution in [0.3, 0.4) is 0 Å². The van der Waals surface area contributed by atoms with Crippen LogP contribution in [-0.2, 0) is 6.18 Å². The number of aromatic nitrogens is 2. The largest absolute Gasteiger partial charge is 0.416 e. The zero-order valence-electron chi connectivity index (χ0n) is 11.6. The van der Waals surface area contributed by atoms with Crippen LogP contribution in [-0.4, -0.2) is 16.0 Å². The molecule has 3 aromatic rings. The van der Waals surface area contributed by atoms with Gasteiger partial charge in [-0.15, -0.1) is 0 Å². The Kier molecular flexibility index (Phi) is 3.65. The van der Waals surface area contributed by atoms with E-state index in [0.29, 0.717) is 5.69 Å². The van der Waals surface area contributed by atoms with Gasteiger partial charge in [-0.05, 0) is 42.5 Å². The number of carbonyl (C=O) groups is 1. The lowest BCUT2D eigenvalue weighted by Gasteiger charge is -2.10. The Morgan fingerprint density at radius 2 is 1.65 bits per heavy atom. The minimum atomic E-state index is -4.40. The number of hydrogen-bond donors (Lipinski definition) is 3. The Morgan fingerprint density at radius 3 is 2.35 bits per heavy atom. The summed E-state index contributed by atoms with van der Waals surface area (Å²) >= 11 is 0. The molecule has 0 fully saturated rings. The van der Waals surface area contributed by atoms with Crippen molar-refractivity contribution in [2.24, 2.45) is 0 Å². The van der Waals surface area contributed by atoms with Crippen molar-refractivity contribution >= 4 is 28.4 Å². The molecule has 2 amide bonds. The van der Waals surface area contributed by atoms with Crippen LogP contribution in [0.25, 0.3) is 11.0 Å². The number of nitrogens with zero attached hydrogens (tertiary/aromatic N) is 1. The molecule has 0 spiro atoms. The van der Waals surface area contributed by atoms with Gasteiger partial charge in [0.05, 0.1) is 22.9 Å². The second-order valence-electron chi connectivity index (χ2n) is 4.79. The molecule has 0 saturated carbocycles. The normalized spacial score (nSPS) is 11.4.